The van der Waals surface area contributed by atoms with E-state index in [-0.39, 0.29) is 12.3 Å². The number of Topliss-reactive ketones (excluding diaryl/α,β-unsaturated/α-hetero) is 1. The zero-order chi connectivity index (χ0) is 9.10. The van der Waals surface area contributed by atoms with Crippen molar-refractivity contribution < 1.29 is 9.21 Å². The lowest BCUT2D eigenvalue weighted by Crippen LogP contribution is -2.07. The van der Waals surface area contributed by atoms with Crippen LogP contribution in [0.2, 0.25) is 0 Å². The summed E-state index contributed by atoms with van der Waals surface area (Å²) in [5.74, 6) is 0.330. The van der Waals surface area contributed by atoms with Gasteiger partial charge in [-0.3, -0.25) is 4.79 Å². The number of nitrogens with zero attached hydrogens (tertiary/aromatic N) is 2. The van der Waals surface area contributed by atoms with E-state index in [0.717, 1.165) is 0 Å². The molecule has 0 aliphatic carbocycles. The first kappa shape index (κ1) is 7.79. The fourth-order valence-corrected chi connectivity index (χ4v) is 1.06. The van der Waals surface area contributed by atoms with Crippen LogP contribution in [0.5, 0.6) is 0 Å². The Balaban J connectivity index is 2.08. The summed E-state index contributed by atoms with van der Waals surface area (Å²) in [6.07, 6.45) is 6.46. The molecule has 2 aromatic heterocycles. The molecule has 0 amide bonds. The number of furan rings is 1. The molecule has 0 aromatic carbocycles. The van der Waals surface area contributed by atoms with Gasteiger partial charge in [0, 0.05) is 12.4 Å². The second kappa shape index (κ2) is 3.26. The third-order valence-corrected chi connectivity index (χ3v) is 1.68. The van der Waals surface area contributed by atoms with Gasteiger partial charge in [0.2, 0.25) is 5.78 Å². The minimum atomic E-state index is -0.0528. The molecule has 0 radical (unpaired) electrons. The van der Waals surface area contributed by atoms with Crippen LogP contribution in [0.25, 0.3) is 0 Å². The number of rotatable bonds is 3. The van der Waals surface area contributed by atoms with Crippen molar-refractivity contribution in [2.24, 2.45) is 0 Å². The smallest absolute Gasteiger partial charge is 0.217 e. The Morgan fingerprint density at radius 3 is 3.15 bits per heavy atom. The van der Waals surface area contributed by atoms with Crippen molar-refractivity contribution in [1.29, 1.82) is 0 Å². The first-order valence-corrected chi connectivity index (χ1v) is 3.89. The number of hydrogen-bond donors (Lipinski definition) is 0. The summed E-state index contributed by atoms with van der Waals surface area (Å²) in [7, 11) is 0. The van der Waals surface area contributed by atoms with Crippen molar-refractivity contribution >= 4 is 5.78 Å². The first-order valence-electron chi connectivity index (χ1n) is 3.89. The van der Waals surface area contributed by atoms with Crippen LogP contribution in [0, 0.1) is 0 Å². The highest BCUT2D eigenvalue weighted by Crippen LogP contribution is 2.02. The van der Waals surface area contributed by atoms with Crippen molar-refractivity contribution in [3.8, 4) is 0 Å². The van der Waals surface area contributed by atoms with Crippen molar-refractivity contribution in [2.75, 3.05) is 0 Å². The van der Waals surface area contributed by atoms with E-state index in [4.69, 9.17) is 4.42 Å². The Kier molecular flexibility index (Phi) is 1.96. The molecular formula is C9H8N2O2. The average Bonchev–Trinajstić information content (AvgIpc) is 2.74. The van der Waals surface area contributed by atoms with E-state index in [0.29, 0.717) is 5.76 Å². The van der Waals surface area contributed by atoms with Gasteiger partial charge in [-0.1, -0.05) is 0 Å². The maximum atomic E-state index is 11.4. The second-order valence-electron chi connectivity index (χ2n) is 2.64. The molecule has 4 nitrogen and oxygen atoms in total. The molecule has 66 valence electrons. The van der Waals surface area contributed by atoms with Crippen LogP contribution in [0.3, 0.4) is 0 Å². The monoisotopic (exact) mass is 176 g/mol. The van der Waals surface area contributed by atoms with Gasteiger partial charge in [-0.15, -0.1) is 0 Å². The molecule has 0 bridgehead atoms. The summed E-state index contributed by atoms with van der Waals surface area (Å²) in [5, 5.41) is 0. The Bertz CT molecular complexity index is 376. The van der Waals surface area contributed by atoms with Crippen LogP contribution >= 0.6 is 0 Å². The highest BCUT2D eigenvalue weighted by Gasteiger charge is 2.08. The average molecular weight is 176 g/mol. The third-order valence-electron chi connectivity index (χ3n) is 1.68. The minimum Gasteiger partial charge on any atom is -0.461 e. The van der Waals surface area contributed by atoms with E-state index in [9.17, 15) is 4.79 Å². The predicted molar refractivity (Wildman–Crippen MR) is 45.3 cm³/mol. The molecule has 0 atom stereocenters. The highest BCUT2D eigenvalue weighted by molar-refractivity contribution is 5.93. The highest BCUT2D eigenvalue weighted by atomic mass is 16.3. The fraction of sp³-hybridized carbons (Fsp3) is 0.111. The van der Waals surface area contributed by atoms with E-state index in [1.165, 1.54) is 6.26 Å². The summed E-state index contributed by atoms with van der Waals surface area (Å²) in [5.41, 5.74) is 0. The Labute approximate surface area is 74.8 Å². The molecule has 0 spiro atoms. The van der Waals surface area contributed by atoms with E-state index < -0.39 is 0 Å². The van der Waals surface area contributed by atoms with E-state index >= 15 is 0 Å². The Morgan fingerprint density at radius 1 is 1.62 bits per heavy atom. The Hall–Kier alpha value is -1.84. The molecule has 0 N–H and O–H groups in total. The SMILES string of the molecule is O=C(Cn1ccnc1)c1ccco1. The minimum absolute atomic E-state index is 0.0528. The van der Waals surface area contributed by atoms with Gasteiger partial charge in [-0.25, -0.2) is 4.98 Å². The maximum Gasteiger partial charge on any atom is 0.217 e. The van der Waals surface area contributed by atoms with Crippen molar-refractivity contribution in [2.45, 2.75) is 6.54 Å². The number of aromatic nitrogens is 2. The normalized spacial score (nSPS) is 10.2. The molecule has 2 rings (SSSR count). The van der Waals surface area contributed by atoms with Gasteiger partial charge < -0.3 is 8.98 Å². The number of carbonyl (C=O) groups excluding carboxylic acids is 1. The zero-order valence-corrected chi connectivity index (χ0v) is 6.88. The van der Waals surface area contributed by atoms with Crippen LogP contribution in [-0.4, -0.2) is 15.3 Å². The topological polar surface area (TPSA) is 48.0 Å². The summed E-state index contributed by atoms with van der Waals surface area (Å²) < 4.78 is 6.66. The van der Waals surface area contributed by atoms with Gasteiger partial charge >= 0.3 is 0 Å². The molecule has 0 aliphatic heterocycles. The summed E-state index contributed by atoms with van der Waals surface area (Å²) in [6.45, 7) is 0.271. The predicted octanol–water partition coefficient (Wildman–Crippen LogP) is 1.36. The van der Waals surface area contributed by atoms with Gasteiger partial charge in [0.15, 0.2) is 5.76 Å². The van der Waals surface area contributed by atoms with Gasteiger partial charge in [-0.05, 0) is 12.1 Å². The van der Waals surface area contributed by atoms with Crippen LogP contribution in [0.1, 0.15) is 10.6 Å². The lowest BCUT2D eigenvalue weighted by molar-refractivity contribution is 0.0945. The molecule has 2 aromatic rings. The van der Waals surface area contributed by atoms with Crippen molar-refractivity contribution in [3.63, 3.8) is 0 Å². The van der Waals surface area contributed by atoms with Gasteiger partial charge in [-0.2, -0.15) is 0 Å². The summed E-state index contributed by atoms with van der Waals surface area (Å²) >= 11 is 0. The molecule has 2 heterocycles. The van der Waals surface area contributed by atoms with Crippen LogP contribution in [-0.2, 0) is 6.54 Å². The molecule has 0 fully saturated rings. The van der Waals surface area contributed by atoms with E-state index in [2.05, 4.69) is 4.98 Å². The second-order valence-corrected chi connectivity index (χ2v) is 2.64. The van der Waals surface area contributed by atoms with Gasteiger partial charge in [0.1, 0.15) is 0 Å². The molecule has 0 saturated heterocycles. The lowest BCUT2D eigenvalue weighted by Gasteiger charge is -1.97. The number of imidazole rings is 1. The molecule has 4 heteroatoms. The summed E-state index contributed by atoms with van der Waals surface area (Å²) in [4.78, 5) is 15.3. The third kappa shape index (κ3) is 1.66. The van der Waals surface area contributed by atoms with Gasteiger partial charge in [0.25, 0.3) is 0 Å². The van der Waals surface area contributed by atoms with Crippen LogP contribution < -0.4 is 0 Å². The molecule has 0 unspecified atom stereocenters. The quantitative estimate of drug-likeness (QED) is 0.663. The van der Waals surface area contributed by atoms with Gasteiger partial charge in [0.05, 0.1) is 19.1 Å². The van der Waals surface area contributed by atoms with E-state index in [1.54, 1.807) is 35.4 Å². The summed E-state index contributed by atoms with van der Waals surface area (Å²) in [6, 6.07) is 3.35. The largest absolute Gasteiger partial charge is 0.461 e. The van der Waals surface area contributed by atoms with Crippen molar-refractivity contribution in [1.82, 2.24) is 9.55 Å². The first-order chi connectivity index (χ1) is 6.36. The zero-order valence-electron chi connectivity index (χ0n) is 6.88. The Morgan fingerprint density at radius 2 is 2.54 bits per heavy atom. The fourth-order valence-electron chi connectivity index (χ4n) is 1.06. The van der Waals surface area contributed by atoms with E-state index in [1.807, 2.05) is 0 Å². The lowest BCUT2D eigenvalue weighted by atomic mass is 10.3. The van der Waals surface area contributed by atoms with Crippen LogP contribution in [0.4, 0.5) is 0 Å². The molecule has 0 aliphatic rings. The standard InChI is InChI=1S/C9H8N2O2/c12-8(9-2-1-5-13-9)6-11-4-3-10-7-11/h1-5,7H,6H2. The molecule has 0 saturated carbocycles. The molecular weight excluding hydrogens is 168 g/mol. The number of ketones is 1. The number of hydrogen-bond acceptors (Lipinski definition) is 3. The molecule has 13 heavy (non-hydrogen) atoms. The maximum absolute atomic E-state index is 11.4. The van der Waals surface area contributed by atoms with Crippen LogP contribution in [0.15, 0.2) is 41.5 Å². The van der Waals surface area contributed by atoms with Crippen molar-refractivity contribution in [3.05, 3.63) is 42.9 Å². The number of carbonyl (C=O) groups is 1.